The van der Waals surface area contributed by atoms with E-state index in [1.54, 1.807) is 11.8 Å². The predicted octanol–water partition coefficient (Wildman–Crippen LogP) is 5.35. The summed E-state index contributed by atoms with van der Waals surface area (Å²) in [6.07, 6.45) is 2.02. The third-order valence-electron chi connectivity index (χ3n) is 3.84. The summed E-state index contributed by atoms with van der Waals surface area (Å²) in [6.45, 7) is 0. The van der Waals surface area contributed by atoms with E-state index in [0.717, 1.165) is 27.8 Å². The normalized spacial score (nSPS) is 17.6. The summed E-state index contributed by atoms with van der Waals surface area (Å²) in [5.74, 6) is 0. The molecule has 0 fully saturated rings. The van der Waals surface area contributed by atoms with Crippen molar-refractivity contribution < 1.29 is 0 Å². The van der Waals surface area contributed by atoms with Crippen molar-refractivity contribution in [3.63, 3.8) is 0 Å². The summed E-state index contributed by atoms with van der Waals surface area (Å²) in [5, 5.41) is 12.2. The minimum Gasteiger partial charge on any atom is -0.353 e. The molecule has 1 unspecified atom stereocenters. The summed E-state index contributed by atoms with van der Waals surface area (Å²) in [6, 6.07) is 18.5. The average Bonchev–Trinajstić information content (AvgIpc) is 3.17. The van der Waals surface area contributed by atoms with E-state index in [1.165, 1.54) is 0 Å². The van der Waals surface area contributed by atoms with Crippen molar-refractivity contribution in [2.45, 2.75) is 5.50 Å². The maximum atomic E-state index is 4.59. The molecule has 0 radical (unpaired) electrons. The molecule has 2 aromatic carbocycles. The summed E-state index contributed by atoms with van der Waals surface area (Å²) < 4.78 is 0. The lowest BCUT2D eigenvalue weighted by molar-refractivity contribution is 0.437. The van der Waals surface area contributed by atoms with E-state index in [-0.39, 0.29) is 5.50 Å². The number of H-pyrrole nitrogens is 1. The minimum atomic E-state index is 0.00675. The van der Waals surface area contributed by atoms with E-state index in [9.17, 15) is 0 Å². The highest BCUT2D eigenvalue weighted by molar-refractivity contribution is 8.02. The molecule has 23 heavy (non-hydrogen) atoms. The van der Waals surface area contributed by atoms with Gasteiger partial charge in [0.2, 0.25) is 0 Å². The highest BCUT2D eigenvalue weighted by atomic mass is 32.2. The number of aromatic amines is 1. The van der Waals surface area contributed by atoms with Crippen LogP contribution in [0.5, 0.6) is 0 Å². The van der Waals surface area contributed by atoms with Crippen LogP contribution >= 0.6 is 11.8 Å². The van der Waals surface area contributed by atoms with Gasteiger partial charge in [-0.05, 0) is 11.5 Å². The summed E-state index contributed by atoms with van der Waals surface area (Å²) in [7, 11) is 2.01. The Bertz CT molecular complexity index is 882. The smallest absolute Gasteiger partial charge is 0.193 e. The molecule has 0 aliphatic carbocycles. The Morgan fingerprint density at radius 3 is 2.61 bits per heavy atom. The topological polar surface area (TPSA) is 43.8 Å². The second kappa shape index (κ2) is 5.93. The Morgan fingerprint density at radius 2 is 1.83 bits per heavy atom. The van der Waals surface area contributed by atoms with Gasteiger partial charge in [-0.25, -0.2) is 0 Å². The van der Waals surface area contributed by atoms with Crippen LogP contribution in [-0.2, 0) is 0 Å². The molecule has 1 atom stereocenters. The van der Waals surface area contributed by atoms with E-state index >= 15 is 0 Å². The number of nitrogens with one attached hydrogen (secondary N) is 1. The van der Waals surface area contributed by atoms with E-state index < -0.39 is 0 Å². The number of thioether (sulfide) groups is 1. The van der Waals surface area contributed by atoms with E-state index in [1.807, 2.05) is 53.9 Å². The Balaban J connectivity index is 1.82. The molecule has 3 aromatic rings. The second-order valence-corrected chi connectivity index (χ2v) is 6.35. The molecule has 1 aliphatic rings. The largest absolute Gasteiger partial charge is 0.353 e. The molecule has 0 spiro atoms. The van der Waals surface area contributed by atoms with Gasteiger partial charge in [0.15, 0.2) is 5.50 Å². The van der Waals surface area contributed by atoms with Crippen LogP contribution in [0.15, 0.2) is 76.4 Å². The molecule has 0 amide bonds. The lowest BCUT2D eigenvalue weighted by Crippen LogP contribution is -2.16. The van der Waals surface area contributed by atoms with Gasteiger partial charge in [0.25, 0.3) is 0 Å². The third kappa shape index (κ3) is 2.64. The molecule has 0 saturated carbocycles. The Hall–Kier alpha value is -2.53. The van der Waals surface area contributed by atoms with Gasteiger partial charge in [0, 0.05) is 29.7 Å². The summed E-state index contributed by atoms with van der Waals surface area (Å²) >= 11 is 1.65. The number of hydrogen-bond acceptors (Lipinski definition) is 4. The SMILES string of the molecule is CN1C=CSC1N=Nc1c(-c2ccccc2)[nH]c2ccccc12. The van der Waals surface area contributed by atoms with Gasteiger partial charge in [-0.3, -0.25) is 0 Å². The molecular weight excluding hydrogens is 304 g/mol. The van der Waals surface area contributed by atoms with Crippen LogP contribution in [0.1, 0.15) is 0 Å². The molecule has 1 N–H and O–H groups in total. The van der Waals surface area contributed by atoms with Gasteiger partial charge in [0.1, 0.15) is 5.69 Å². The number of rotatable bonds is 3. The average molecular weight is 320 g/mol. The Labute approximate surface area is 138 Å². The van der Waals surface area contributed by atoms with Crippen molar-refractivity contribution in [3.8, 4) is 11.3 Å². The van der Waals surface area contributed by atoms with E-state index in [2.05, 4.69) is 39.5 Å². The maximum absolute atomic E-state index is 4.59. The molecule has 0 bridgehead atoms. The fraction of sp³-hybridized carbons (Fsp3) is 0.111. The van der Waals surface area contributed by atoms with Crippen molar-refractivity contribution >= 4 is 28.4 Å². The first-order valence-corrected chi connectivity index (χ1v) is 8.38. The Kier molecular flexibility index (Phi) is 3.63. The van der Waals surface area contributed by atoms with Gasteiger partial charge in [-0.2, -0.15) is 10.2 Å². The zero-order valence-electron chi connectivity index (χ0n) is 12.7. The first-order valence-electron chi connectivity index (χ1n) is 7.44. The lowest BCUT2D eigenvalue weighted by atomic mass is 10.1. The number of hydrogen-bond donors (Lipinski definition) is 1. The third-order valence-corrected chi connectivity index (χ3v) is 4.79. The fourth-order valence-corrected chi connectivity index (χ4v) is 3.40. The number of azo groups is 1. The minimum absolute atomic E-state index is 0.00675. The van der Waals surface area contributed by atoms with Crippen LogP contribution in [0.4, 0.5) is 5.69 Å². The van der Waals surface area contributed by atoms with Gasteiger partial charge in [-0.1, -0.05) is 60.3 Å². The highest BCUT2D eigenvalue weighted by Crippen LogP contribution is 2.38. The van der Waals surface area contributed by atoms with Crippen LogP contribution in [0, 0.1) is 0 Å². The molecule has 4 nitrogen and oxygen atoms in total. The first kappa shape index (κ1) is 14.1. The van der Waals surface area contributed by atoms with Crippen LogP contribution < -0.4 is 0 Å². The first-order chi connectivity index (χ1) is 11.3. The summed E-state index contributed by atoms with van der Waals surface area (Å²) in [4.78, 5) is 5.52. The number of nitrogens with zero attached hydrogens (tertiary/aromatic N) is 3. The number of aromatic nitrogens is 1. The zero-order valence-corrected chi connectivity index (χ0v) is 13.5. The molecule has 4 rings (SSSR count). The zero-order chi connectivity index (χ0) is 15.6. The van der Waals surface area contributed by atoms with Gasteiger partial charge in [-0.15, -0.1) is 0 Å². The van der Waals surface area contributed by atoms with Crippen LogP contribution in [-0.4, -0.2) is 22.4 Å². The fourth-order valence-electron chi connectivity index (χ4n) is 2.63. The van der Waals surface area contributed by atoms with Crippen LogP contribution in [0.25, 0.3) is 22.2 Å². The van der Waals surface area contributed by atoms with Gasteiger partial charge < -0.3 is 9.88 Å². The van der Waals surface area contributed by atoms with Gasteiger partial charge >= 0.3 is 0 Å². The molecular formula is C18H16N4S. The monoisotopic (exact) mass is 320 g/mol. The predicted molar refractivity (Wildman–Crippen MR) is 96.5 cm³/mol. The number of fused-ring (bicyclic) bond motifs is 1. The molecule has 1 aliphatic heterocycles. The molecule has 2 heterocycles. The lowest BCUT2D eigenvalue weighted by Gasteiger charge is -2.13. The number of benzene rings is 2. The van der Waals surface area contributed by atoms with E-state index in [4.69, 9.17) is 0 Å². The van der Waals surface area contributed by atoms with E-state index in [0.29, 0.717) is 0 Å². The Morgan fingerprint density at radius 1 is 1.04 bits per heavy atom. The van der Waals surface area contributed by atoms with Gasteiger partial charge in [0.05, 0.1) is 5.69 Å². The van der Waals surface area contributed by atoms with Crippen molar-refractivity contribution in [3.05, 3.63) is 66.2 Å². The van der Waals surface area contributed by atoms with Crippen LogP contribution in [0.3, 0.4) is 0 Å². The molecule has 5 heteroatoms. The standard InChI is InChI=1S/C18H16N4S/c1-22-11-12-23-18(22)21-20-17-14-9-5-6-10-15(14)19-16(17)13-7-3-2-4-8-13/h2-12,18-19H,1H3. The maximum Gasteiger partial charge on any atom is 0.193 e. The quantitative estimate of drug-likeness (QED) is 0.661. The van der Waals surface area contributed by atoms with Crippen LogP contribution in [0.2, 0.25) is 0 Å². The summed E-state index contributed by atoms with van der Waals surface area (Å²) in [5.41, 5.74) is 4.10. The second-order valence-electron chi connectivity index (χ2n) is 5.39. The van der Waals surface area contributed by atoms with Crippen molar-refractivity contribution in [2.24, 2.45) is 10.2 Å². The van der Waals surface area contributed by atoms with Crippen molar-refractivity contribution in [2.75, 3.05) is 7.05 Å². The number of para-hydroxylation sites is 1. The highest BCUT2D eigenvalue weighted by Gasteiger charge is 2.17. The molecule has 114 valence electrons. The molecule has 0 saturated heterocycles. The molecule has 1 aromatic heterocycles. The van der Waals surface area contributed by atoms with Crippen molar-refractivity contribution in [1.82, 2.24) is 9.88 Å². The van der Waals surface area contributed by atoms with Crippen molar-refractivity contribution in [1.29, 1.82) is 0 Å².